The Morgan fingerprint density at radius 2 is 1.41 bits per heavy atom. The van der Waals surface area contributed by atoms with Crippen molar-refractivity contribution >= 4 is 0 Å². The molecule has 0 amide bonds. The third-order valence-electron chi connectivity index (χ3n) is 5.91. The molecule has 5 nitrogen and oxygen atoms in total. The molecule has 1 saturated heterocycles. The molecule has 2 aromatic carbocycles. The summed E-state index contributed by atoms with van der Waals surface area (Å²) in [6, 6.07) is 11.0. The Morgan fingerprint density at radius 3 is 2.07 bits per heavy atom. The van der Waals surface area contributed by atoms with Gasteiger partial charge in [-0.05, 0) is 60.3 Å². The molecule has 1 unspecified atom stereocenters. The van der Waals surface area contributed by atoms with Crippen LogP contribution in [0.3, 0.4) is 0 Å². The van der Waals surface area contributed by atoms with Crippen molar-refractivity contribution in [1.82, 2.24) is 4.90 Å². The summed E-state index contributed by atoms with van der Waals surface area (Å²) in [6.07, 6.45) is 2.43. The molecule has 4 rings (SSSR count). The van der Waals surface area contributed by atoms with E-state index in [4.69, 9.17) is 18.9 Å². The molecule has 0 N–H and O–H groups in total. The van der Waals surface area contributed by atoms with Crippen LogP contribution in [0.1, 0.15) is 41.5 Å². The van der Waals surface area contributed by atoms with Gasteiger partial charge in [-0.1, -0.05) is 6.07 Å². The van der Waals surface area contributed by atoms with E-state index >= 15 is 0 Å². The molecule has 2 atom stereocenters. The molecule has 0 bridgehead atoms. The average Bonchev–Trinajstić information content (AvgIpc) is 3.20. The van der Waals surface area contributed by atoms with Gasteiger partial charge >= 0.3 is 0 Å². The van der Waals surface area contributed by atoms with Crippen LogP contribution >= 0.6 is 0 Å². The van der Waals surface area contributed by atoms with Crippen LogP contribution in [-0.4, -0.2) is 46.4 Å². The molecule has 2 aliphatic rings. The molecule has 27 heavy (non-hydrogen) atoms. The number of methoxy groups -OCH3 is 4. The first kappa shape index (κ1) is 18.0. The van der Waals surface area contributed by atoms with Crippen molar-refractivity contribution in [3.63, 3.8) is 0 Å². The fourth-order valence-electron chi connectivity index (χ4n) is 4.59. The summed E-state index contributed by atoms with van der Waals surface area (Å²) in [5.41, 5.74) is 3.91. The third kappa shape index (κ3) is 3.00. The van der Waals surface area contributed by atoms with Gasteiger partial charge in [-0.3, -0.25) is 4.90 Å². The van der Waals surface area contributed by atoms with Crippen LogP contribution in [0.5, 0.6) is 23.0 Å². The van der Waals surface area contributed by atoms with Crippen molar-refractivity contribution in [2.45, 2.75) is 24.8 Å². The normalized spacial score (nSPS) is 21.3. The topological polar surface area (TPSA) is 40.2 Å². The first-order chi connectivity index (χ1) is 13.2. The van der Waals surface area contributed by atoms with Crippen LogP contribution in [0.4, 0.5) is 0 Å². The van der Waals surface area contributed by atoms with Crippen LogP contribution in [0.2, 0.25) is 0 Å². The number of fused-ring (bicyclic) bond motifs is 3. The van der Waals surface area contributed by atoms with Crippen molar-refractivity contribution < 1.29 is 18.9 Å². The molecule has 144 valence electrons. The van der Waals surface area contributed by atoms with E-state index in [9.17, 15) is 0 Å². The predicted molar refractivity (Wildman–Crippen MR) is 104 cm³/mol. The van der Waals surface area contributed by atoms with Crippen molar-refractivity contribution in [3.05, 3.63) is 47.0 Å². The SMILES string of the molecule is COc1ccc([C@@H]2CN3CCCC3c3cc(OC)c(OC)cc32)cc1OC. The van der Waals surface area contributed by atoms with Crippen LogP contribution in [0, 0.1) is 0 Å². The largest absolute Gasteiger partial charge is 0.493 e. The van der Waals surface area contributed by atoms with Gasteiger partial charge in [0.1, 0.15) is 0 Å². The van der Waals surface area contributed by atoms with E-state index in [2.05, 4.69) is 29.2 Å². The standard InChI is InChI=1S/C22H27NO4/c1-24-19-8-7-14(10-20(19)25-2)17-13-23-9-5-6-18(23)16-12-22(27-4)21(26-3)11-15(16)17/h7-8,10-12,17-18H,5-6,9,13H2,1-4H3/t17-,18?/m0/s1. The van der Waals surface area contributed by atoms with Crippen molar-refractivity contribution in [2.24, 2.45) is 0 Å². The minimum atomic E-state index is 0.258. The van der Waals surface area contributed by atoms with E-state index in [1.807, 2.05) is 6.07 Å². The fourth-order valence-corrected chi connectivity index (χ4v) is 4.59. The summed E-state index contributed by atoms with van der Waals surface area (Å²) in [5, 5.41) is 0. The van der Waals surface area contributed by atoms with E-state index in [0.717, 1.165) is 36.1 Å². The summed E-state index contributed by atoms with van der Waals surface area (Å²) < 4.78 is 22.1. The van der Waals surface area contributed by atoms with E-state index in [-0.39, 0.29) is 5.92 Å². The molecule has 0 aromatic heterocycles. The molecule has 2 aromatic rings. The number of hydrogen-bond donors (Lipinski definition) is 0. The Kier molecular flexibility index (Phi) is 4.87. The molecule has 0 radical (unpaired) electrons. The summed E-state index contributed by atoms with van der Waals surface area (Å²) in [6.45, 7) is 2.14. The number of nitrogens with zero attached hydrogens (tertiary/aromatic N) is 1. The maximum Gasteiger partial charge on any atom is 0.161 e. The molecule has 2 heterocycles. The Hall–Kier alpha value is -2.40. The van der Waals surface area contributed by atoms with Crippen LogP contribution in [-0.2, 0) is 0 Å². The number of rotatable bonds is 5. The van der Waals surface area contributed by atoms with Gasteiger partial charge in [-0.15, -0.1) is 0 Å². The highest BCUT2D eigenvalue weighted by atomic mass is 16.5. The summed E-state index contributed by atoms with van der Waals surface area (Å²) in [7, 11) is 6.74. The van der Waals surface area contributed by atoms with Crippen molar-refractivity contribution in [2.75, 3.05) is 41.5 Å². The zero-order chi connectivity index (χ0) is 19.0. The zero-order valence-electron chi connectivity index (χ0n) is 16.5. The quantitative estimate of drug-likeness (QED) is 0.797. The number of hydrogen-bond acceptors (Lipinski definition) is 5. The molecule has 0 spiro atoms. The highest BCUT2D eigenvalue weighted by Crippen LogP contribution is 2.48. The van der Waals surface area contributed by atoms with Gasteiger partial charge in [0.05, 0.1) is 28.4 Å². The molecular formula is C22H27NO4. The molecule has 0 aliphatic carbocycles. The van der Waals surface area contributed by atoms with E-state index in [0.29, 0.717) is 6.04 Å². The molecule has 5 heteroatoms. The number of ether oxygens (including phenoxy) is 4. The summed E-state index contributed by atoms with van der Waals surface area (Å²) in [4.78, 5) is 2.59. The van der Waals surface area contributed by atoms with Crippen molar-refractivity contribution in [1.29, 1.82) is 0 Å². The zero-order valence-corrected chi connectivity index (χ0v) is 16.5. The first-order valence-corrected chi connectivity index (χ1v) is 9.42. The number of benzene rings is 2. The minimum Gasteiger partial charge on any atom is -0.493 e. The lowest BCUT2D eigenvalue weighted by Crippen LogP contribution is -2.34. The van der Waals surface area contributed by atoms with Crippen LogP contribution in [0.15, 0.2) is 30.3 Å². The second-order valence-electron chi connectivity index (χ2n) is 7.16. The van der Waals surface area contributed by atoms with Crippen molar-refractivity contribution in [3.8, 4) is 23.0 Å². The lowest BCUT2D eigenvalue weighted by Gasteiger charge is -2.38. The second-order valence-corrected chi connectivity index (χ2v) is 7.16. The monoisotopic (exact) mass is 369 g/mol. The molecule has 1 fully saturated rings. The van der Waals surface area contributed by atoms with Gasteiger partial charge in [0, 0.05) is 18.5 Å². The van der Waals surface area contributed by atoms with E-state index in [1.165, 1.54) is 29.5 Å². The lowest BCUT2D eigenvalue weighted by molar-refractivity contribution is 0.228. The highest BCUT2D eigenvalue weighted by Gasteiger charge is 2.37. The Balaban J connectivity index is 1.84. The lowest BCUT2D eigenvalue weighted by atomic mass is 9.81. The Labute approximate surface area is 160 Å². The van der Waals surface area contributed by atoms with E-state index < -0.39 is 0 Å². The van der Waals surface area contributed by atoms with Gasteiger partial charge in [0.2, 0.25) is 0 Å². The molecular weight excluding hydrogens is 342 g/mol. The van der Waals surface area contributed by atoms with E-state index in [1.54, 1.807) is 28.4 Å². The Morgan fingerprint density at radius 1 is 0.778 bits per heavy atom. The molecule has 2 aliphatic heterocycles. The average molecular weight is 369 g/mol. The Bertz CT molecular complexity index is 835. The maximum atomic E-state index is 5.60. The fraction of sp³-hybridized carbons (Fsp3) is 0.455. The second kappa shape index (κ2) is 7.31. The van der Waals surface area contributed by atoms with Gasteiger partial charge in [-0.25, -0.2) is 0 Å². The summed E-state index contributed by atoms with van der Waals surface area (Å²) in [5.74, 6) is 3.36. The molecule has 0 saturated carbocycles. The minimum absolute atomic E-state index is 0.258. The smallest absolute Gasteiger partial charge is 0.161 e. The first-order valence-electron chi connectivity index (χ1n) is 9.42. The predicted octanol–water partition coefficient (Wildman–Crippen LogP) is 4.00. The van der Waals surface area contributed by atoms with Crippen LogP contribution in [0.25, 0.3) is 0 Å². The third-order valence-corrected chi connectivity index (χ3v) is 5.91. The van der Waals surface area contributed by atoms with Gasteiger partial charge in [0.15, 0.2) is 23.0 Å². The van der Waals surface area contributed by atoms with Gasteiger partial charge in [0.25, 0.3) is 0 Å². The van der Waals surface area contributed by atoms with Crippen LogP contribution < -0.4 is 18.9 Å². The van der Waals surface area contributed by atoms with Gasteiger partial charge in [-0.2, -0.15) is 0 Å². The van der Waals surface area contributed by atoms with Gasteiger partial charge < -0.3 is 18.9 Å². The highest BCUT2D eigenvalue weighted by molar-refractivity contribution is 5.55. The summed E-state index contributed by atoms with van der Waals surface area (Å²) >= 11 is 0. The maximum absolute atomic E-state index is 5.60.